The summed E-state index contributed by atoms with van der Waals surface area (Å²) in [6, 6.07) is 29.9. The van der Waals surface area contributed by atoms with Crippen LogP contribution in [-0.4, -0.2) is 9.97 Å². The molecule has 3 nitrogen and oxygen atoms in total. The number of hydrogen-bond donors (Lipinski definition) is 1. The number of nitrogens with zero attached hydrogens (tertiary/aromatic N) is 2. The fourth-order valence-electron chi connectivity index (χ4n) is 2.24. The molecule has 0 aliphatic heterocycles. The maximum absolute atomic E-state index is 5.78. The third kappa shape index (κ3) is 4.66. The predicted octanol–water partition coefficient (Wildman–Crippen LogP) is 4.51. The van der Waals surface area contributed by atoms with Crippen LogP contribution in [0.25, 0.3) is 22.5 Å². The SMILES string of the molecule is Nc1nc(-c2ccccc2)cc(-[c-]2cccc2)n1.[Fe].[cH-]1[cH-][cH-][cH-][cH-]1. The number of nitrogens with two attached hydrogens (primary N) is 1. The van der Waals surface area contributed by atoms with Crippen LogP contribution in [0, 0.1) is 0 Å². The second kappa shape index (κ2) is 8.82. The first-order valence-electron chi connectivity index (χ1n) is 7.42. The van der Waals surface area contributed by atoms with Crippen molar-refractivity contribution in [2.24, 2.45) is 0 Å². The summed E-state index contributed by atoms with van der Waals surface area (Å²) >= 11 is 0. The van der Waals surface area contributed by atoms with Gasteiger partial charge in [0, 0.05) is 22.8 Å². The summed E-state index contributed by atoms with van der Waals surface area (Å²) in [6.07, 6.45) is 0. The Morgan fingerprint density at radius 3 is 1.96 bits per heavy atom. The fourth-order valence-corrected chi connectivity index (χ4v) is 2.24. The van der Waals surface area contributed by atoms with Gasteiger partial charge in [0.25, 0.3) is 0 Å². The molecule has 0 radical (unpaired) electrons. The number of aromatic nitrogens is 2. The van der Waals surface area contributed by atoms with Crippen molar-refractivity contribution in [1.82, 2.24) is 9.97 Å². The normalized spacial score (nSPS) is 9.50. The predicted molar refractivity (Wildman–Crippen MR) is 94.9 cm³/mol. The Hall–Kier alpha value is -2.68. The average molecular weight is 355 g/mol. The Kier molecular flexibility index (Phi) is 6.50. The van der Waals surface area contributed by atoms with E-state index in [4.69, 9.17) is 5.73 Å². The van der Waals surface area contributed by atoms with Gasteiger partial charge in [-0.05, 0) is 11.3 Å². The van der Waals surface area contributed by atoms with Crippen LogP contribution in [0.2, 0.25) is 0 Å². The molecule has 1 heterocycles. The van der Waals surface area contributed by atoms with Crippen molar-refractivity contribution in [2.45, 2.75) is 0 Å². The molecule has 0 saturated heterocycles. The molecule has 3 aromatic carbocycles. The Labute approximate surface area is 152 Å². The Bertz CT molecular complexity index is 806. The van der Waals surface area contributed by atoms with Crippen molar-refractivity contribution in [3.05, 3.63) is 91.0 Å². The van der Waals surface area contributed by atoms with Crippen molar-refractivity contribution in [3.63, 3.8) is 0 Å². The monoisotopic (exact) mass is 355 g/mol. The summed E-state index contributed by atoms with van der Waals surface area (Å²) in [5.74, 6) is 0.299. The van der Waals surface area contributed by atoms with Gasteiger partial charge in [0.2, 0.25) is 5.95 Å². The molecule has 24 heavy (non-hydrogen) atoms. The van der Waals surface area contributed by atoms with Crippen molar-refractivity contribution < 1.29 is 17.1 Å². The molecule has 0 amide bonds. The minimum atomic E-state index is 0. The summed E-state index contributed by atoms with van der Waals surface area (Å²) in [6.45, 7) is 0. The summed E-state index contributed by atoms with van der Waals surface area (Å²) in [5, 5.41) is 0. The molecule has 4 heteroatoms. The average Bonchev–Trinajstić information content (AvgIpc) is 3.31. The molecule has 0 bridgehead atoms. The zero-order valence-electron chi connectivity index (χ0n) is 13.0. The third-order valence-corrected chi connectivity index (χ3v) is 3.33. The maximum Gasteiger partial charge on any atom is 0.218 e. The van der Waals surface area contributed by atoms with Crippen molar-refractivity contribution >= 4 is 5.95 Å². The van der Waals surface area contributed by atoms with Gasteiger partial charge >= 0.3 is 0 Å². The Morgan fingerprint density at radius 1 is 0.792 bits per heavy atom. The van der Waals surface area contributed by atoms with Gasteiger partial charge < -0.3 is 36.1 Å². The molecule has 1 aromatic heterocycles. The Balaban J connectivity index is 0.000000300. The Morgan fingerprint density at radius 2 is 1.38 bits per heavy atom. The molecule has 0 fully saturated rings. The van der Waals surface area contributed by atoms with E-state index < -0.39 is 0 Å². The van der Waals surface area contributed by atoms with E-state index in [2.05, 4.69) is 9.97 Å². The summed E-state index contributed by atoms with van der Waals surface area (Å²) in [4.78, 5) is 8.55. The van der Waals surface area contributed by atoms with Crippen LogP contribution in [0.5, 0.6) is 0 Å². The maximum atomic E-state index is 5.78. The van der Waals surface area contributed by atoms with Gasteiger partial charge in [-0.15, -0.1) is 12.1 Å². The summed E-state index contributed by atoms with van der Waals surface area (Å²) in [5.41, 5.74) is 9.58. The van der Waals surface area contributed by atoms with E-state index in [9.17, 15) is 0 Å². The van der Waals surface area contributed by atoms with Gasteiger partial charge in [0.05, 0.1) is 0 Å². The molecular weight excluding hydrogens is 338 g/mol. The first kappa shape index (κ1) is 17.7. The fraction of sp³-hybridized carbons (Fsp3) is 0. The summed E-state index contributed by atoms with van der Waals surface area (Å²) < 4.78 is 0. The van der Waals surface area contributed by atoms with Crippen LogP contribution in [0.1, 0.15) is 0 Å². The molecule has 0 atom stereocenters. The van der Waals surface area contributed by atoms with Crippen LogP contribution in [0.4, 0.5) is 5.95 Å². The molecule has 2 N–H and O–H groups in total. The van der Waals surface area contributed by atoms with Crippen LogP contribution in [-0.2, 0) is 17.1 Å². The molecule has 0 unspecified atom stereocenters. The second-order valence-corrected chi connectivity index (χ2v) is 5.00. The van der Waals surface area contributed by atoms with Gasteiger partial charge in [-0.2, -0.15) is 12.1 Å². The van der Waals surface area contributed by atoms with Gasteiger partial charge in [0.1, 0.15) is 0 Å². The van der Waals surface area contributed by atoms with Crippen LogP contribution in [0.15, 0.2) is 91.0 Å². The van der Waals surface area contributed by atoms with Gasteiger partial charge in [-0.1, -0.05) is 42.0 Å². The van der Waals surface area contributed by atoms with E-state index in [1.165, 1.54) is 0 Å². The van der Waals surface area contributed by atoms with E-state index in [0.29, 0.717) is 5.95 Å². The second-order valence-electron chi connectivity index (χ2n) is 5.00. The first-order chi connectivity index (χ1) is 11.3. The van der Waals surface area contributed by atoms with Gasteiger partial charge in [-0.25, -0.2) is 9.97 Å². The quantitative estimate of drug-likeness (QED) is 0.425. The molecule has 4 aromatic rings. The van der Waals surface area contributed by atoms with Crippen LogP contribution in [0.3, 0.4) is 0 Å². The van der Waals surface area contributed by atoms with E-state index in [0.717, 1.165) is 22.5 Å². The van der Waals surface area contributed by atoms with E-state index in [1.54, 1.807) is 0 Å². The number of nitrogen functional groups attached to an aromatic ring is 1. The van der Waals surface area contributed by atoms with Crippen molar-refractivity contribution in [3.8, 4) is 22.5 Å². The molecule has 4 rings (SSSR count). The van der Waals surface area contributed by atoms with Gasteiger partial charge in [-0.3, -0.25) is 0 Å². The zero-order chi connectivity index (χ0) is 15.9. The smallest absolute Gasteiger partial charge is 0.218 e. The topological polar surface area (TPSA) is 51.8 Å². The van der Waals surface area contributed by atoms with Gasteiger partial charge in [0.15, 0.2) is 0 Å². The van der Waals surface area contributed by atoms with Crippen molar-refractivity contribution in [2.75, 3.05) is 5.73 Å². The van der Waals surface area contributed by atoms with E-state index in [1.807, 2.05) is 91.0 Å². The van der Waals surface area contributed by atoms with Crippen molar-refractivity contribution in [1.29, 1.82) is 0 Å². The number of anilines is 1. The third-order valence-electron chi connectivity index (χ3n) is 3.33. The number of rotatable bonds is 2. The minimum absolute atomic E-state index is 0. The van der Waals surface area contributed by atoms with E-state index >= 15 is 0 Å². The molecule has 0 aliphatic carbocycles. The van der Waals surface area contributed by atoms with Crippen LogP contribution >= 0.6 is 0 Å². The summed E-state index contributed by atoms with van der Waals surface area (Å²) in [7, 11) is 0. The van der Waals surface area contributed by atoms with E-state index in [-0.39, 0.29) is 17.1 Å². The molecule has 0 aliphatic rings. The minimum Gasteiger partial charge on any atom is -0.748 e. The zero-order valence-corrected chi connectivity index (χ0v) is 14.1. The molecule has 0 spiro atoms. The standard InChI is InChI=1S/C15H12N3.C5H5.Fe/c16-15-17-13(11-6-2-1-3-7-11)10-14(18-15)12-8-4-5-9-12;1-2-4-5-3-1;/h1-10H,(H2,16,17,18);1-5H;/q-1;-5;. The van der Waals surface area contributed by atoms with Crippen LogP contribution < -0.4 is 5.73 Å². The molecular formula is C20H17FeN3-6. The molecule has 126 valence electrons. The largest absolute Gasteiger partial charge is 0.748 e. The first-order valence-corrected chi connectivity index (χ1v) is 7.42. The number of hydrogen-bond acceptors (Lipinski definition) is 3. The number of benzene rings is 1. The molecule has 0 saturated carbocycles.